The first kappa shape index (κ1) is 11.3. The monoisotopic (exact) mass is 348 g/mol. The van der Waals surface area contributed by atoms with Crippen LogP contribution in [0.4, 0.5) is 0 Å². The fraction of sp³-hybridized carbons (Fsp3) is 0. The van der Waals surface area contributed by atoms with Gasteiger partial charge in [0.1, 0.15) is 5.69 Å². The molecule has 5 heteroatoms. The minimum atomic E-state index is 0.675. The van der Waals surface area contributed by atoms with Crippen molar-refractivity contribution in [3.63, 3.8) is 0 Å². The third kappa shape index (κ3) is 2.13. The van der Waals surface area contributed by atoms with Crippen LogP contribution in [0.25, 0.3) is 17.2 Å². The van der Waals surface area contributed by atoms with Gasteiger partial charge in [0.15, 0.2) is 5.82 Å². The second-order valence-electron chi connectivity index (χ2n) is 3.68. The van der Waals surface area contributed by atoms with Crippen molar-refractivity contribution in [2.75, 3.05) is 0 Å². The smallest absolute Gasteiger partial charge is 0.178 e. The van der Waals surface area contributed by atoms with Gasteiger partial charge in [0, 0.05) is 16.0 Å². The number of rotatable bonds is 2. The van der Waals surface area contributed by atoms with Gasteiger partial charge in [0.05, 0.1) is 11.9 Å². The van der Waals surface area contributed by atoms with Crippen LogP contribution in [0.5, 0.6) is 0 Å². The highest BCUT2D eigenvalue weighted by Crippen LogP contribution is 2.19. The molecule has 3 rings (SSSR count). The van der Waals surface area contributed by atoms with E-state index in [1.807, 2.05) is 35.0 Å². The average molecular weight is 348 g/mol. The number of hydrogen-bond donors (Lipinski definition) is 0. The zero-order valence-electron chi connectivity index (χ0n) is 9.36. The summed E-state index contributed by atoms with van der Waals surface area (Å²) in [5.74, 6) is 0.675. The van der Waals surface area contributed by atoms with E-state index in [0.29, 0.717) is 5.82 Å². The normalized spacial score (nSPS) is 10.5. The molecule has 0 aliphatic carbocycles. The van der Waals surface area contributed by atoms with Gasteiger partial charge in [-0.15, -0.1) is 0 Å². The lowest BCUT2D eigenvalue weighted by molar-refractivity contribution is 0.877. The largest absolute Gasteiger partial charge is 0.235 e. The molecule has 0 aliphatic rings. The summed E-state index contributed by atoms with van der Waals surface area (Å²) in [5, 5.41) is 4.33. The number of halogens is 1. The lowest BCUT2D eigenvalue weighted by atomic mass is 10.3. The lowest BCUT2D eigenvalue weighted by Crippen LogP contribution is -2.00. The Hall–Kier alpha value is -1.76. The van der Waals surface area contributed by atoms with E-state index in [1.165, 1.54) is 3.57 Å². The van der Waals surface area contributed by atoms with Gasteiger partial charge < -0.3 is 0 Å². The minimum absolute atomic E-state index is 0.675. The molecule has 0 saturated carbocycles. The average Bonchev–Trinajstić information content (AvgIpc) is 2.90. The molecule has 0 fully saturated rings. The maximum Gasteiger partial charge on any atom is 0.178 e. The van der Waals surface area contributed by atoms with Crippen molar-refractivity contribution in [2.24, 2.45) is 0 Å². The first-order chi connectivity index (χ1) is 8.84. The zero-order valence-corrected chi connectivity index (χ0v) is 11.5. The molecule has 4 nitrogen and oxygen atoms in total. The standard InChI is InChI=1S/C13H9IN4/c14-10-2-4-11(5-3-10)18-12(6-9-17-18)13-15-7-1-8-16-13/h1-9H. The Labute approximate surface area is 118 Å². The molecule has 0 bridgehead atoms. The molecule has 2 aromatic heterocycles. The topological polar surface area (TPSA) is 43.6 Å². The molecule has 0 aliphatic heterocycles. The number of hydrogen-bond acceptors (Lipinski definition) is 3. The summed E-state index contributed by atoms with van der Waals surface area (Å²) < 4.78 is 3.03. The Morgan fingerprint density at radius 2 is 1.61 bits per heavy atom. The van der Waals surface area contributed by atoms with Gasteiger partial charge in [-0.3, -0.25) is 0 Å². The van der Waals surface area contributed by atoms with E-state index in [9.17, 15) is 0 Å². The maximum absolute atomic E-state index is 4.33. The molecule has 88 valence electrons. The van der Waals surface area contributed by atoms with Crippen LogP contribution in [0.3, 0.4) is 0 Å². The molecule has 3 aromatic rings. The number of nitrogens with zero attached hydrogens (tertiary/aromatic N) is 4. The van der Waals surface area contributed by atoms with Gasteiger partial charge in [-0.2, -0.15) is 5.10 Å². The Balaban J connectivity index is 2.10. The van der Waals surface area contributed by atoms with Gasteiger partial charge in [0.2, 0.25) is 0 Å². The van der Waals surface area contributed by atoms with Gasteiger partial charge in [0.25, 0.3) is 0 Å². The molecule has 1 aromatic carbocycles. The summed E-state index contributed by atoms with van der Waals surface area (Å²) in [6.07, 6.45) is 5.21. The fourth-order valence-corrected chi connectivity index (χ4v) is 2.05. The quantitative estimate of drug-likeness (QED) is 0.669. The molecule has 0 N–H and O–H groups in total. The summed E-state index contributed by atoms with van der Waals surface area (Å²) in [5.41, 5.74) is 1.89. The van der Waals surface area contributed by atoms with E-state index >= 15 is 0 Å². The molecule has 0 saturated heterocycles. The molecule has 18 heavy (non-hydrogen) atoms. The van der Waals surface area contributed by atoms with Crippen LogP contribution in [-0.4, -0.2) is 19.7 Å². The highest BCUT2D eigenvalue weighted by atomic mass is 127. The molecule has 0 amide bonds. The van der Waals surface area contributed by atoms with E-state index in [4.69, 9.17) is 0 Å². The predicted octanol–water partition coefficient (Wildman–Crippen LogP) is 2.93. The van der Waals surface area contributed by atoms with Crippen molar-refractivity contribution >= 4 is 22.6 Å². The van der Waals surface area contributed by atoms with E-state index in [-0.39, 0.29) is 0 Å². The Morgan fingerprint density at radius 3 is 2.33 bits per heavy atom. The molecular formula is C13H9IN4. The second-order valence-corrected chi connectivity index (χ2v) is 4.92. The van der Waals surface area contributed by atoms with Crippen molar-refractivity contribution in [3.8, 4) is 17.2 Å². The molecule has 0 unspecified atom stereocenters. The van der Waals surface area contributed by atoms with E-state index in [2.05, 4.69) is 37.7 Å². The number of aromatic nitrogens is 4. The van der Waals surface area contributed by atoms with E-state index < -0.39 is 0 Å². The minimum Gasteiger partial charge on any atom is -0.235 e. The molecule has 2 heterocycles. The van der Waals surface area contributed by atoms with Gasteiger partial charge in [-0.25, -0.2) is 14.6 Å². The molecular weight excluding hydrogens is 339 g/mol. The molecule has 0 spiro atoms. The third-order valence-electron chi connectivity index (χ3n) is 2.51. The van der Waals surface area contributed by atoms with Crippen molar-refractivity contribution in [2.45, 2.75) is 0 Å². The summed E-state index contributed by atoms with van der Waals surface area (Å²) in [6, 6.07) is 11.9. The van der Waals surface area contributed by atoms with Crippen molar-refractivity contribution in [3.05, 3.63) is 58.6 Å². The van der Waals surface area contributed by atoms with Crippen LogP contribution in [0, 0.1) is 3.57 Å². The maximum atomic E-state index is 4.33. The number of benzene rings is 1. The predicted molar refractivity (Wildman–Crippen MR) is 77.3 cm³/mol. The Kier molecular flexibility index (Phi) is 3.06. The van der Waals surface area contributed by atoms with Crippen molar-refractivity contribution < 1.29 is 0 Å². The SMILES string of the molecule is Ic1ccc(-n2nccc2-c2ncccn2)cc1. The Bertz CT molecular complexity index is 646. The van der Waals surface area contributed by atoms with Crippen LogP contribution < -0.4 is 0 Å². The lowest BCUT2D eigenvalue weighted by Gasteiger charge is -2.06. The van der Waals surface area contributed by atoms with Crippen molar-refractivity contribution in [1.29, 1.82) is 0 Å². The van der Waals surface area contributed by atoms with Crippen LogP contribution in [0.15, 0.2) is 55.0 Å². The highest BCUT2D eigenvalue weighted by molar-refractivity contribution is 14.1. The summed E-state index contributed by atoms with van der Waals surface area (Å²) >= 11 is 2.28. The third-order valence-corrected chi connectivity index (χ3v) is 3.23. The zero-order chi connectivity index (χ0) is 12.4. The fourth-order valence-electron chi connectivity index (χ4n) is 1.69. The van der Waals surface area contributed by atoms with Crippen LogP contribution in [-0.2, 0) is 0 Å². The van der Waals surface area contributed by atoms with Crippen LogP contribution >= 0.6 is 22.6 Å². The molecule has 0 atom stereocenters. The first-order valence-electron chi connectivity index (χ1n) is 5.42. The summed E-state index contributed by atoms with van der Waals surface area (Å²) in [7, 11) is 0. The Morgan fingerprint density at radius 1 is 0.889 bits per heavy atom. The van der Waals surface area contributed by atoms with Gasteiger partial charge in [-0.1, -0.05) is 0 Å². The van der Waals surface area contributed by atoms with E-state index in [0.717, 1.165) is 11.4 Å². The van der Waals surface area contributed by atoms with Crippen LogP contribution in [0.2, 0.25) is 0 Å². The van der Waals surface area contributed by atoms with Crippen LogP contribution in [0.1, 0.15) is 0 Å². The summed E-state index contributed by atoms with van der Waals surface area (Å²) in [4.78, 5) is 8.50. The highest BCUT2D eigenvalue weighted by Gasteiger charge is 2.08. The first-order valence-corrected chi connectivity index (χ1v) is 6.50. The second kappa shape index (κ2) is 4.85. The van der Waals surface area contributed by atoms with Gasteiger partial charge >= 0.3 is 0 Å². The van der Waals surface area contributed by atoms with Crippen molar-refractivity contribution in [1.82, 2.24) is 19.7 Å². The summed E-state index contributed by atoms with van der Waals surface area (Å²) in [6.45, 7) is 0. The van der Waals surface area contributed by atoms with Gasteiger partial charge in [-0.05, 0) is 59.0 Å². The molecule has 0 radical (unpaired) electrons. The van der Waals surface area contributed by atoms with E-state index in [1.54, 1.807) is 24.7 Å².